The zero-order valence-electron chi connectivity index (χ0n) is 13.5. The van der Waals surface area contributed by atoms with E-state index in [0.29, 0.717) is 23.4 Å². The number of rotatable bonds is 3. The van der Waals surface area contributed by atoms with Crippen LogP contribution in [0.2, 0.25) is 0 Å². The highest BCUT2D eigenvalue weighted by molar-refractivity contribution is 6.31. The summed E-state index contributed by atoms with van der Waals surface area (Å²) in [6, 6.07) is 11.1. The summed E-state index contributed by atoms with van der Waals surface area (Å²) in [7, 11) is 0. The molecule has 2 aliphatic rings. The monoisotopic (exact) mass is 322 g/mol. The van der Waals surface area contributed by atoms with Crippen LogP contribution in [0, 0.1) is 5.82 Å². The third-order valence-corrected chi connectivity index (χ3v) is 5.23. The van der Waals surface area contributed by atoms with Crippen LogP contribution >= 0.6 is 0 Å². The molecule has 1 amide bonds. The first-order valence-corrected chi connectivity index (χ1v) is 8.20. The summed E-state index contributed by atoms with van der Waals surface area (Å²) < 4.78 is 14.5. The summed E-state index contributed by atoms with van der Waals surface area (Å²) in [5.74, 6) is -0.517. The smallest absolute Gasteiger partial charge is 0.256 e. The molecule has 0 atom stereocenters. The third kappa shape index (κ3) is 2.18. The predicted molar refractivity (Wildman–Crippen MR) is 94.1 cm³/mol. The van der Waals surface area contributed by atoms with Crippen LogP contribution in [0.25, 0.3) is 16.7 Å². The summed E-state index contributed by atoms with van der Waals surface area (Å²) in [4.78, 5) is 11.9. The Balaban J connectivity index is 1.75. The maximum absolute atomic E-state index is 14.5. The van der Waals surface area contributed by atoms with E-state index >= 15 is 0 Å². The van der Waals surface area contributed by atoms with Gasteiger partial charge in [-0.15, -0.1) is 0 Å². The van der Waals surface area contributed by atoms with Gasteiger partial charge in [0.25, 0.3) is 5.91 Å². The number of carbonyl (C=O) groups is 1. The molecular weight excluding hydrogens is 303 g/mol. The Labute approximate surface area is 140 Å². The molecule has 1 aliphatic carbocycles. The van der Waals surface area contributed by atoms with Gasteiger partial charge in [0, 0.05) is 28.7 Å². The van der Waals surface area contributed by atoms with Crippen LogP contribution < -0.4 is 11.1 Å². The van der Waals surface area contributed by atoms with Gasteiger partial charge in [-0.25, -0.2) is 4.39 Å². The topological polar surface area (TPSA) is 55.1 Å². The van der Waals surface area contributed by atoms with Gasteiger partial charge in [0.2, 0.25) is 0 Å². The molecule has 4 rings (SSSR count). The number of nitrogens with one attached hydrogen (secondary N) is 1. The Kier molecular flexibility index (Phi) is 3.32. The summed E-state index contributed by atoms with van der Waals surface area (Å²) in [5, 5.41) is 2.70. The summed E-state index contributed by atoms with van der Waals surface area (Å²) >= 11 is 0. The highest BCUT2D eigenvalue weighted by Gasteiger charge is 2.42. The number of nitrogens with two attached hydrogens (primary N) is 1. The van der Waals surface area contributed by atoms with E-state index in [2.05, 4.69) is 5.32 Å². The van der Waals surface area contributed by atoms with Crippen molar-refractivity contribution < 1.29 is 9.18 Å². The van der Waals surface area contributed by atoms with Gasteiger partial charge in [-0.3, -0.25) is 4.79 Å². The lowest BCUT2D eigenvalue weighted by Gasteiger charge is -2.14. The fraction of sp³-hybridized carbons (Fsp3) is 0.250. The Morgan fingerprint density at radius 2 is 1.92 bits per heavy atom. The standard InChI is InChI=1S/C20H19FN2O/c1-2-14-16-9-15(17(21)10-18(16)23-19(14)24)12-3-5-13(6-4-12)20(11-22)7-8-20/h2-6,9-10H,7-8,11,22H2,1H3,(H,23,24)/b14-2-. The first kappa shape index (κ1) is 15.1. The molecule has 2 aromatic rings. The minimum absolute atomic E-state index is 0.128. The highest BCUT2D eigenvalue weighted by Crippen LogP contribution is 2.47. The molecule has 0 unspecified atom stereocenters. The quantitative estimate of drug-likeness (QED) is 0.844. The van der Waals surface area contributed by atoms with Crippen molar-refractivity contribution in [2.45, 2.75) is 25.2 Å². The molecule has 1 heterocycles. The molecule has 1 fully saturated rings. The highest BCUT2D eigenvalue weighted by atomic mass is 19.1. The molecule has 0 aromatic heterocycles. The molecule has 1 aliphatic heterocycles. The summed E-state index contributed by atoms with van der Waals surface area (Å²) in [6.45, 7) is 2.46. The lowest BCUT2D eigenvalue weighted by atomic mass is 9.93. The van der Waals surface area contributed by atoms with Crippen molar-refractivity contribution in [2.75, 3.05) is 11.9 Å². The van der Waals surface area contributed by atoms with Crippen molar-refractivity contribution in [3.8, 4) is 11.1 Å². The summed E-state index contributed by atoms with van der Waals surface area (Å²) in [5.41, 5.74) is 10.4. The second-order valence-electron chi connectivity index (χ2n) is 6.60. The van der Waals surface area contributed by atoms with E-state index in [4.69, 9.17) is 5.73 Å². The number of benzene rings is 2. The largest absolute Gasteiger partial charge is 0.330 e. The van der Waals surface area contributed by atoms with Gasteiger partial charge in [0.15, 0.2) is 0 Å². The summed E-state index contributed by atoms with van der Waals surface area (Å²) in [6.07, 6.45) is 3.99. The van der Waals surface area contributed by atoms with Gasteiger partial charge in [-0.1, -0.05) is 30.3 Å². The lowest BCUT2D eigenvalue weighted by Crippen LogP contribution is -2.19. The predicted octanol–water partition coefficient (Wildman–Crippen LogP) is 3.84. The van der Waals surface area contributed by atoms with Crippen molar-refractivity contribution in [1.82, 2.24) is 0 Å². The van der Waals surface area contributed by atoms with Crippen LogP contribution in [0.5, 0.6) is 0 Å². The number of hydrogen-bond donors (Lipinski definition) is 2. The zero-order valence-corrected chi connectivity index (χ0v) is 13.5. The van der Waals surface area contributed by atoms with Gasteiger partial charge >= 0.3 is 0 Å². The van der Waals surface area contributed by atoms with E-state index in [0.717, 1.165) is 24.0 Å². The van der Waals surface area contributed by atoms with Gasteiger partial charge in [-0.2, -0.15) is 0 Å². The number of halogens is 1. The van der Waals surface area contributed by atoms with Crippen molar-refractivity contribution in [2.24, 2.45) is 5.73 Å². The molecule has 3 N–H and O–H groups in total. The van der Waals surface area contributed by atoms with E-state index in [1.807, 2.05) is 31.2 Å². The van der Waals surface area contributed by atoms with Crippen LogP contribution in [0.4, 0.5) is 10.1 Å². The van der Waals surface area contributed by atoms with Crippen molar-refractivity contribution in [1.29, 1.82) is 0 Å². The lowest BCUT2D eigenvalue weighted by molar-refractivity contribution is -0.110. The molecule has 3 nitrogen and oxygen atoms in total. The molecule has 2 aromatic carbocycles. The number of hydrogen-bond acceptors (Lipinski definition) is 2. The average molecular weight is 322 g/mol. The van der Waals surface area contributed by atoms with Gasteiger partial charge < -0.3 is 11.1 Å². The number of fused-ring (bicyclic) bond motifs is 1. The van der Waals surface area contributed by atoms with Crippen molar-refractivity contribution in [3.63, 3.8) is 0 Å². The van der Waals surface area contributed by atoms with Crippen LogP contribution in [0.1, 0.15) is 30.9 Å². The van der Waals surface area contributed by atoms with Crippen molar-refractivity contribution >= 4 is 17.2 Å². The maximum Gasteiger partial charge on any atom is 0.256 e. The average Bonchev–Trinajstić information content (AvgIpc) is 3.33. The van der Waals surface area contributed by atoms with Crippen LogP contribution in [-0.2, 0) is 10.2 Å². The zero-order chi connectivity index (χ0) is 16.9. The third-order valence-electron chi connectivity index (χ3n) is 5.23. The van der Waals surface area contributed by atoms with Crippen LogP contribution in [0.15, 0.2) is 42.5 Å². The molecular formula is C20H19FN2O. The van der Waals surface area contributed by atoms with E-state index < -0.39 is 0 Å². The Hall–Kier alpha value is -2.46. The minimum Gasteiger partial charge on any atom is -0.330 e. The number of carbonyl (C=O) groups excluding carboxylic acids is 1. The second-order valence-corrected chi connectivity index (χ2v) is 6.60. The normalized spacial score (nSPS) is 19.3. The van der Waals surface area contributed by atoms with Crippen molar-refractivity contribution in [3.05, 3.63) is 59.4 Å². The molecule has 4 heteroatoms. The molecule has 24 heavy (non-hydrogen) atoms. The minimum atomic E-state index is -0.334. The van der Waals surface area contributed by atoms with Crippen LogP contribution in [-0.4, -0.2) is 12.5 Å². The van der Waals surface area contributed by atoms with E-state index in [1.54, 1.807) is 12.1 Å². The molecule has 1 saturated carbocycles. The second kappa shape index (κ2) is 5.28. The molecule has 122 valence electrons. The number of anilines is 1. The fourth-order valence-electron chi connectivity index (χ4n) is 3.48. The fourth-order valence-corrected chi connectivity index (χ4v) is 3.48. The van der Waals surface area contributed by atoms with Gasteiger partial charge in [-0.05, 0) is 43.0 Å². The number of allylic oxidation sites excluding steroid dienone is 1. The molecule has 0 spiro atoms. The Morgan fingerprint density at radius 1 is 1.21 bits per heavy atom. The molecule has 0 radical (unpaired) electrons. The van der Waals surface area contributed by atoms with Gasteiger partial charge in [0.05, 0.1) is 5.69 Å². The first-order valence-electron chi connectivity index (χ1n) is 8.20. The first-order chi connectivity index (χ1) is 11.6. The SMILES string of the molecule is C/C=C1\C(=O)Nc2cc(F)c(-c3ccc(C4(CN)CC4)cc3)cc21. The Bertz CT molecular complexity index is 864. The van der Waals surface area contributed by atoms with Crippen LogP contribution in [0.3, 0.4) is 0 Å². The van der Waals surface area contributed by atoms with Gasteiger partial charge in [0.1, 0.15) is 5.82 Å². The Morgan fingerprint density at radius 3 is 2.50 bits per heavy atom. The van der Waals surface area contributed by atoms with E-state index in [1.165, 1.54) is 11.6 Å². The number of amides is 1. The van der Waals surface area contributed by atoms with E-state index in [9.17, 15) is 9.18 Å². The maximum atomic E-state index is 14.5. The molecule has 0 saturated heterocycles. The molecule has 0 bridgehead atoms. The van der Waals surface area contributed by atoms with E-state index in [-0.39, 0.29) is 17.1 Å².